The predicted molar refractivity (Wildman–Crippen MR) is 33.8 cm³/mol. The van der Waals surface area contributed by atoms with Crippen molar-refractivity contribution >= 4 is 12.2 Å². The summed E-state index contributed by atoms with van der Waals surface area (Å²) in [5.74, 6) is 0. The number of carboxylic acid groups (broad SMARTS) is 1. The van der Waals surface area contributed by atoms with Crippen LogP contribution in [0.5, 0.6) is 0 Å². The van der Waals surface area contributed by atoms with Crippen LogP contribution in [-0.2, 0) is 4.74 Å². The van der Waals surface area contributed by atoms with Gasteiger partial charge in [0, 0.05) is 13.1 Å². The normalized spacial score (nSPS) is 7.75. The molecule has 12 heavy (non-hydrogen) atoms. The Bertz CT molecular complexity index is 152. The van der Waals surface area contributed by atoms with E-state index in [0.717, 1.165) is 0 Å². The van der Waals surface area contributed by atoms with Gasteiger partial charge in [-0.1, -0.05) is 0 Å². The molecular weight excluding hydrogens is 191 g/mol. The minimum absolute atomic E-state index is 0. The zero-order chi connectivity index (χ0) is 8.69. The van der Waals surface area contributed by atoms with Gasteiger partial charge in [-0.15, -0.1) is 0 Å². The van der Waals surface area contributed by atoms with Gasteiger partial charge in [-0.05, 0) is 0 Å². The fourth-order valence-electron chi connectivity index (χ4n) is 0.401. The molecule has 0 unspecified atom stereocenters. The van der Waals surface area contributed by atoms with Crippen molar-refractivity contribution < 1.29 is 70.8 Å². The van der Waals surface area contributed by atoms with Gasteiger partial charge in [-0.2, -0.15) is 0 Å². The summed E-state index contributed by atoms with van der Waals surface area (Å²) in [6.07, 6.45) is -1.96. The molecular formula is C5H9KN2O4. The number of carbonyl (C=O) groups is 2. The number of methoxy groups -OCH3 is 1. The molecule has 0 aliphatic carbocycles. The first-order chi connectivity index (χ1) is 5.16. The Kier molecular flexibility index (Phi) is 11.3. The van der Waals surface area contributed by atoms with E-state index in [4.69, 9.17) is 0 Å². The monoisotopic (exact) mass is 200 g/mol. The third-order valence-corrected chi connectivity index (χ3v) is 0.849. The van der Waals surface area contributed by atoms with Gasteiger partial charge in [0.1, 0.15) is 6.09 Å². The molecule has 0 bridgehead atoms. The molecule has 0 aromatic heterocycles. The van der Waals surface area contributed by atoms with E-state index in [-0.39, 0.29) is 64.5 Å². The van der Waals surface area contributed by atoms with Crippen LogP contribution in [0.1, 0.15) is 0 Å². The van der Waals surface area contributed by atoms with Crippen LogP contribution in [0.25, 0.3) is 0 Å². The summed E-state index contributed by atoms with van der Waals surface area (Å²) in [5.41, 5.74) is 0. The van der Waals surface area contributed by atoms with Crippen LogP contribution in [0.15, 0.2) is 0 Å². The SMILES string of the molecule is COC(=O)NCCNC(=O)[O-].[K+]. The van der Waals surface area contributed by atoms with E-state index in [2.05, 4.69) is 10.1 Å². The smallest absolute Gasteiger partial charge is 0.530 e. The largest absolute Gasteiger partial charge is 1.00 e. The Morgan fingerprint density at radius 3 is 2.25 bits per heavy atom. The van der Waals surface area contributed by atoms with Crippen LogP contribution in [-0.4, -0.2) is 32.4 Å². The maximum atomic E-state index is 10.3. The second-order valence-corrected chi connectivity index (χ2v) is 1.63. The average molecular weight is 200 g/mol. The van der Waals surface area contributed by atoms with Gasteiger partial charge in [-0.25, -0.2) is 4.79 Å². The zero-order valence-electron chi connectivity index (χ0n) is 7.05. The van der Waals surface area contributed by atoms with Crippen LogP contribution in [0, 0.1) is 0 Å². The number of carbonyl (C=O) groups excluding carboxylic acids is 2. The van der Waals surface area contributed by atoms with E-state index < -0.39 is 12.2 Å². The van der Waals surface area contributed by atoms with Crippen LogP contribution in [0.4, 0.5) is 9.59 Å². The second kappa shape index (κ2) is 9.27. The molecule has 0 heterocycles. The first-order valence-electron chi connectivity index (χ1n) is 2.93. The molecule has 0 aromatic rings. The third-order valence-electron chi connectivity index (χ3n) is 0.849. The predicted octanol–water partition coefficient (Wildman–Crippen LogP) is -4.72. The van der Waals surface area contributed by atoms with Crippen LogP contribution in [0.3, 0.4) is 0 Å². The molecule has 6 nitrogen and oxygen atoms in total. The third kappa shape index (κ3) is 10.2. The minimum Gasteiger partial charge on any atom is -0.530 e. The van der Waals surface area contributed by atoms with Crippen LogP contribution >= 0.6 is 0 Å². The molecule has 64 valence electrons. The molecule has 0 aliphatic heterocycles. The van der Waals surface area contributed by atoms with E-state index in [1.54, 1.807) is 0 Å². The Morgan fingerprint density at radius 2 is 1.83 bits per heavy atom. The molecule has 0 atom stereocenters. The van der Waals surface area contributed by atoms with Gasteiger partial charge < -0.3 is 25.3 Å². The molecule has 0 rings (SSSR count). The van der Waals surface area contributed by atoms with Gasteiger partial charge in [0.05, 0.1) is 7.11 Å². The maximum Gasteiger partial charge on any atom is 1.00 e. The van der Waals surface area contributed by atoms with Gasteiger partial charge >= 0.3 is 57.5 Å². The van der Waals surface area contributed by atoms with Crippen molar-refractivity contribution in [2.45, 2.75) is 0 Å². The van der Waals surface area contributed by atoms with E-state index >= 15 is 0 Å². The Hall–Kier alpha value is 0.176. The first kappa shape index (κ1) is 14.7. The summed E-state index contributed by atoms with van der Waals surface area (Å²) in [5, 5.41) is 14.0. The van der Waals surface area contributed by atoms with Crippen molar-refractivity contribution in [3.05, 3.63) is 0 Å². The molecule has 0 radical (unpaired) electrons. The molecule has 0 aromatic carbocycles. The van der Waals surface area contributed by atoms with E-state index in [1.165, 1.54) is 7.11 Å². The van der Waals surface area contributed by atoms with Gasteiger partial charge in [0.25, 0.3) is 0 Å². The first-order valence-corrected chi connectivity index (χ1v) is 2.93. The number of ether oxygens (including phenoxy) is 1. The summed E-state index contributed by atoms with van der Waals surface area (Å²) in [6, 6.07) is 0. The summed E-state index contributed by atoms with van der Waals surface area (Å²) < 4.78 is 4.22. The Morgan fingerprint density at radius 1 is 1.33 bits per heavy atom. The van der Waals surface area contributed by atoms with Gasteiger partial charge in [0.2, 0.25) is 0 Å². The summed E-state index contributed by atoms with van der Waals surface area (Å²) in [7, 11) is 1.22. The molecule has 0 aliphatic rings. The summed E-state index contributed by atoms with van der Waals surface area (Å²) in [6.45, 7) is 0.290. The minimum atomic E-state index is -1.36. The van der Waals surface area contributed by atoms with Crippen LogP contribution < -0.4 is 67.1 Å². The fraction of sp³-hybridized carbons (Fsp3) is 0.600. The van der Waals surface area contributed by atoms with Crippen molar-refractivity contribution in [3.63, 3.8) is 0 Å². The molecule has 0 fully saturated rings. The molecule has 0 spiro atoms. The summed E-state index contributed by atoms with van der Waals surface area (Å²) >= 11 is 0. The van der Waals surface area contributed by atoms with E-state index in [9.17, 15) is 14.7 Å². The zero-order valence-corrected chi connectivity index (χ0v) is 10.2. The number of rotatable bonds is 3. The molecule has 2 N–H and O–H groups in total. The number of hydrogen-bond donors (Lipinski definition) is 2. The fourth-order valence-corrected chi connectivity index (χ4v) is 0.401. The molecule has 2 amide bonds. The van der Waals surface area contributed by atoms with Crippen molar-refractivity contribution in [1.82, 2.24) is 10.6 Å². The quantitative estimate of drug-likeness (QED) is 0.354. The van der Waals surface area contributed by atoms with Gasteiger partial charge in [0.15, 0.2) is 0 Å². The number of alkyl carbamates (subject to hydrolysis) is 1. The number of nitrogens with one attached hydrogen (secondary N) is 2. The average Bonchev–Trinajstić information content (AvgIpc) is 1.97. The van der Waals surface area contributed by atoms with Gasteiger partial charge in [-0.3, -0.25) is 0 Å². The van der Waals surface area contributed by atoms with Crippen LogP contribution in [0.2, 0.25) is 0 Å². The van der Waals surface area contributed by atoms with Crippen molar-refractivity contribution in [2.24, 2.45) is 0 Å². The second-order valence-electron chi connectivity index (χ2n) is 1.63. The molecule has 0 saturated carbocycles. The number of amides is 2. The van der Waals surface area contributed by atoms with Crippen molar-refractivity contribution in [3.8, 4) is 0 Å². The Balaban J connectivity index is 0. The molecule has 7 heteroatoms. The van der Waals surface area contributed by atoms with E-state index in [0.29, 0.717) is 0 Å². The molecule has 0 saturated heterocycles. The standard InChI is InChI=1S/C5H10N2O4.K/c1-11-5(10)7-3-2-6-4(8)9;/h6H,2-3H2,1H3,(H,7,10)(H,8,9);/q;+1/p-1. The van der Waals surface area contributed by atoms with Crippen molar-refractivity contribution in [2.75, 3.05) is 20.2 Å². The maximum absolute atomic E-state index is 10.3. The van der Waals surface area contributed by atoms with E-state index in [1.807, 2.05) is 5.32 Å². The van der Waals surface area contributed by atoms with Crippen molar-refractivity contribution in [1.29, 1.82) is 0 Å². The summed E-state index contributed by atoms with van der Waals surface area (Å²) in [4.78, 5) is 20.1. The topological polar surface area (TPSA) is 90.5 Å². The Labute approximate surface area is 112 Å². The number of hydrogen-bond acceptors (Lipinski definition) is 4.